The number of hydrogen-bond acceptors (Lipinski definition) is 2. The molecule has 0 amide bonds. The maximum atomic E-state index is 12.7. The van der Waals surface area contributed by atoms with Gasteiger partial charge in [0.1, 0.15) is 18.5 Å². The molecule has 0 aliphatic carbocycles. The Morgan fingerprint density at radius 3 is 2.67 bits per heavy atom. The lowest BCUT2D eigenvalue weighted by molar-refractivity contribution is 0.626. The lowest BCUT2D eigenvalue weighted by Crippen LogP contribution is -1.89. The topological polar surface area (TPSA) is 30.7 Å². The van der Waals surface area contributed by atoms with Gasteiger partial charge in [-0.3, -0.25) is 4.57 Å². The van der Waals surface area contributed by atoms with E-state index in [4.69, 9.17) is 0 Å². The third kappa shape index (κ3) is 1.18. The summed E-state index contributed by atoms with van der Waals surface area (Å²) in [5.74, 6) is -0.318. The van der Waals surface area contributed by atoms with Crippen LogP contribution in [0.4, 0.5) is 4.39 Å². The maximum Gasteiger partial charge on any atom is 0.125 e. The molecule has 1 aromatic carbocycles. The third-order valence-electron chi connectivity index (χ3n) is 1.46. The lowest BCUT2D eigenvalue weighted by atomic mass is 10.3. The van der Waals surface area contributed by atoms with Crippen LogP contribution in [-0.2, 0) is 0 Å². The van der Waals surface area contributed by atoms with E-state index in [0.717, 1.165) is 0 Å². The minimum atomic E-state index is -0.318. The molecule has 0 aliphatic heterocycles. The highest BCUT2D eigenvalue weighted by Crippen LogP contribution is 2.06. The molecular weight excluding hydrogens is 157 g/mol. The summed E-state index contributed by atoms with van der Waals surface area (Å²) in [4.78, 5) is 0. The average molecular weight is 162 g/mol. The highest BCUT2D eigenvalue weighted by Gasteiger charge is 1.96. The second-order valence-electron chi connectivity index (χ2n) is 2.28. The minimum absolute atomic E-state index is 0.318. The fraction of sp³-hybridized carbons (Fsp3) is 0. The first kappa shape index (κ1) is 6.97. The molecule has 2 aromatic rings. The van der Waals surface area contributed by atoms with Crippen molar-refractivity contribution >= 4 is 0 Å². The van der Waals surface area contributed by atoms with Crippen LogP contribution in [-0.4, -0.2) is 14.8 Å². The normalized spacial score (nSPS) is 10.1. The van der Waals surface area contributed by atoms with E-state index in [1.807, 2.05) is 0 Å². The van der Waals surface area contributed by atoms with E-state index in [1.165, 1.54) is 24.8 Å². The number of rotatable bonds is 1. The highest BCUT2D eigenvalue weighted by molar-refractivity contribution is 5.30. The van der Waals surface area contributed by atoms with Gasteiger partial charge in [-0.25, -0.2) is 4.39 Å². The molecule has 2 rings (SSSR count). The summed E-state index contributed by atoms with van der Waals surface area (Å²) < 4.78 is 14.3. The summed E-state index contributed by atoms with van der Waals surface area (Å²) >= 11 is 0. The van der Waals surface area contributed by atoms with Crippen molar-refractivity contribution in [1.29, 1.82) is 0 Å². The summed E-state index contributed by atoms with van der Waals surface area (Å²) in [5, 5.41) is 7.21. The molecule has 0 unspecified atom stereocenters. The number of hydrogen-bond donors (Lipinski definition) is 0. The third-order valence-corrected chi connectivity index (χ3v) is 1.46. The first-order chi connectivity index (χ1) is 5.86. The van der Waals surface area contributed by atoms with Gasteiger partial charge in [-0.1, -0.05) is 0 Å². The molecule has 0 aliphatic rings. The molecule has 0 atom stereocenters. The zero-order valence-electron chi connectivity index (χ0n) is 6.11. The zero-order chi connectivity index (χ0) is 8.39. The molecule has 0 saturated carbocycles. The van der Waals surface area contributed by atoms with E-state index in [9.17, 15) is 4.39 Å². The van der Waals surface area contributed by atoms with Crippen molar-refractivity contribution in [3.05, 3.63) is 42.7 Å². The van der Waals surface area contributed by atoms with E-state index in [2.05, 4.69) is 16.3 Å². The summed E-state index contributed by atoms with van der Waals surface area (Å²) in [5.41, 5.74) is 0.667. The van der Waals surface area contributed by atoms with E-state index < -0.39 is 0 Å². The summed E-state index contributed by atoms with van der Waals surface area (Å²) in [7, 11) is 0. The van der Waals surface area contributed by atoms with Crippen molar-refractivity contribution in [3.63, 3.8) is 0 Å². The van der Waals surface area contributed by atoms with Crippen LogP contribution in [0.3, 0.4) is 0 Å². The number of nitrogens with zero attached hydrogens (tertiary/aromatic N) is 3. The Hall–Kier alpha value is -1.71. The lowest BCUT2D eigenvalue weighted by Gasteiger charge is -1.98. The zero-order valence-corrected chi connectivity index (χ0v) is 6.11. The molecule has 1 aromatic heterocycles. The van der Waals surface area contributed by atoms with Crippen LogP contribution < -0.4 is 0 Å². The molecular formula is C8H5FN3. The Morgan fingerprint density at radius 2 is 2.00 bits per heavy atom. The van der Waals surface area contributed by atoms with Crippen LogP contribution in [0.15, 0.2) is 30.9 Å². The number of aromatic nitrogens is 3. The second-order valence-corrected chi connectivity index (χ2v) is 2.28. The average Bonchev–Trinajstić information content (AvgIpc) is 2.56. The minimum Gasteiger partial charge on any atom is -0.288 e. The fourth-order valence-electron chi connectivity index (χ4n) is 0.914. The van der Waals surface area contributed by atoms with Gasteiger partial charge in [0.25, 0.3) is 0 Å². The van der Waals surface area contributed by atoms with Crippen LogP contribution in [0.2, 0.25) is 0 Å². The Bertz CT molecular complexity index is 370. The highest BCUT2D eigenvalue weighted by atomic mass is 19.1. The molecule has 0 spiro atoms. The molecule has 3 nitrogen and oxygen atoms in total. The standard InChI is InChI=1S/C8H5FN3/c9-7-2-1-3-8(4-7)12-5-10-11-6-12/h2-6H. The Kier molecular flexibility index (Phi) is 1.59. The van der Waals surface area contributed by atoms with Gasteiger partial charge in [-0.15, -0.1) is 10.2 Å². The van der Waals surface area contributed by atoms with E-state index >= 15 is 0 Å². The van der Waals surface area contributed by atoms with E-state index in [0.29, 0.717) is 5.69 Å². The van der Waals surface area contributed by atoms with Gasteiger partial charge < -0.3 is 0 Å². The second kappa shape index (κ2) is 2.73. The Labute approximate surface area is 68.5 Å². The van der Waals surface area contributed by atoms with Gasteiger partial charge in [-0.05, 0) is 24.3 Å². The van der Waals surface area contributed by atoms with Gasteiger partial charge in [-0.2, -0.15) is 0 Å². The van der Waals surface area contributed by atoms with Crippen LogP contribution in [0.25, 0.3) is 5.69 Å². The molecule has 0 fully saturated rings. The Balaban J connectivity index is 2.48. The van der Waals surface area contributed by atoms with Crippen molar-refractivity contribution in [2.24, 2.45) is 0 Å². The first-order valence-corrected chi connectivity index (χ1v) is 3.38. The van der Waals surface area contributed by atoms with Crippen molar-refractivity contribution in [1.82, 2.24) is 14.8 Å². The van der Waals surface area contributed by atoms with Gasteiger partial charge in [0.15, 0.2) is 0 Å². The maximum absolute atomic E-state index is 12.7. The number of benzene rings is 1. The van der Waals surface area contributed by atoms with Gasteiger partial charge in [0.2, 0.25) is 0 Å². The van der Waals surface area contributed by atoms with Crippen LogP contribution in [0.1, 0.15) is 0 Å². The molecule has 1 radical (unpaired) electrons. The first-order valence-electron chi connectivity index (χ1n) is 3.38. The van der Waals surface area contributed by atoms with Crippen molar-refractivity contribution < 1.29 is 4.39 Å². The van der Waals surface area contributed by atoms with Crippen LogP contribution in [0.5, 0.6) is 0 Å². The molecule has 12 heavy (non-hydrogen) atoms. The summed E-state index contributed by atoms with van der Waals surface area (Å²) in [6.45, 7) is 0. The van der Waals surface area contributed by atoms with Gasteiger partial charge >= 0.3 is 0 Å². The fourth-order valence-corrected chi connectivity index (χ4v) is 0.914. The van der Waals surface area contributed by atoms with Crippen molar-refractivity contribution in [2.75, 3.05) is 0 Å². The summed E-state index contributed by atoms with van der Waals surface area (Å²) in [6, 6.07) is 6.99. The largest absolute Gasteiger partial charge is 0.288 e. The molecule has 4 heteroatoms. The molecule has 0 bridgehead atoms. The number of halogens is 1. The van der Waals surface area contributed by atoms with Crippen LogP contribution in [0, 0.1) is 11.9 Å². The van der Waals surface area contributed by atoms with E-state index in [-0.39, 0.29) is 5.82 Å². The van der Waals surface area contributed by atoms with Crippen molar-refractivity contribution in [2.45, 2.75) is 0 Å². The molecule has 1 heterocycles. The predicted octanol–water partition coefficient (Wildman–Crippen LogP) is 1.21. The van der Waals surface area contributed by atoms with Crippen molar-refractivity contribution in [3.8, 4) is 5.69 Å². The monoisotopic (exact) mass is 162 g/mol. The predicted molar refractivity (Wildman–Crippen MR) is 40.2 cm³/mol. The summed E-state index contributed by atoms with van der Waals surface area (Å²) in [6.07, 6.45) is 3.01. The smallest absolute Gasteiger partial charge is 0.125 e. The molecule has 0 saturated heterocycles. The SMILES string of the molecule is Fc1c[c]cc(-n2cnnc2)c1. The van der Waals surface area contributed by atoms with E-state index in [1.54, 1.807) is 10.6 Å². The quantitative estimate of drug-likeness (QED) is 0.630. The Morgan fingerprint density at radius 1 is 1.25 bits per heavy atom. The van der Waals surface area contributed by atoms with Gasteiger partial charge in [0.05, 0.1) is 5.69 Å². The molecule has 59 valence electrons. The van der Waals surface area contributed by atoms with Gasteiger partial charge in [0, 0.05) is 0 Å². The molecule has 0 N–H and O–H groups in total. The van der Waals surface area contributed by atoms with Crippen LogP contribution >= 0.6 is 0 Å².